The lowest BCUT2D eigenvalue weighted by atomic mass is 10.0. The number of carboxylic acids is 1. The molecule has 5 atom stereocenters. The maximum absolute atomic E-state index is 13.4. The van der Waals surface area contributed by atoms with Crippen LogP contribution in [0.1, 0.15) is 24.0 Å². The van der Waals surface area contributed by atoms with E-state index in [2.05, 4.69) is 38.9 Å². The number of phenols is 1. The number of aliphatic hydroxyl groups excluding tert-OH is 1. The number of rotatable bonds is 19. The van der Waals surface area contributed by atoms with E-state index in [-0.39, 0.29) is 49.7 Å². The SMILES string of the molecule is NC(N)=NCCC[C@H](NC(=O)[C@H](CO)NC(=O)[C@H](CS)NC(=O)[C@H](Cc1ccc(O)cc1)NC(=O)[C@@H](N)Cc1ccccc1)C(=O)O. The summed E-state index contributed by atoms with van der Waals surface area (Å²) in [6.45, 7) is -0.761. The summed E-state index contributed by atoms with van der Waals surface area (Å²) in [5.74, 6) is -5.05. The Balaban J connectivity index is 2.11. The van der Waals surface area contributed by atoms with Gasteiger partial charge in [-0.05, 0) is 42.5 Å². The number of benzene rings is 2. The Morgan fingerprint density at radius 3 is 1.85 bits per heavy atom. The molecule has 0 aliphatic rings. The van der Waals surface area contributed by atoms with Crippen LogP contribution in [0.25, 0.3) is 0 Å². The highest BCUT2D eigenvalue weighted by Gasteiger charge is 2.31. The van der Waals surface area contributed by atoms with Crippen LogP contribution in [-0.2, 0) is 36.8 Å². The number of guanidine groups is 1. The van der Waals surface area contributed by atoms with Gasteiger partial charge in [0.25, 0.3) is 0 Å². The first kappa shape index (κ1) is 38.3. The highest BCUT2D eigenvalue weighted by molar-refractivity contribution is 7.80. The van der Waals surface area contributed by atoms with Crippen LogP contribution in [0, 0.1) is 0 Å². The molecule has 2 rings (SSSR count). The van der Waals surface area contributed by atoms with Crippen molar-refractivity contribution in [1.82, 2.24) is 21.3 Å². The minimum absolute atomic E-state index is 0.00132. The van der Waals surface area contributed by atoms with Crippen LogP contribution >= 0.6 is 12.6 Å². The first-order chi connectivity index (χ1) is 22.3. The summed E-state index contributed by atoms with van der Waals surface area (Å²) in [7, 11) is 0. The van der Waals surface area contributed by atoms with Gasteiger partial charge in [0.15, 0.2) is 5.96 Å². The molecule has 16 nitrogen and oxygen atoms in total. The number of carboxylic acid groups (broad SMARTS) is 1. The van der Waals surface area contributed by atoms with E-state index in [1.165, 1.54) is 12.1 Å². The van der Waals surface area contributed by atoms with Gasteiger partial charge in [0.2, 0.25) is 23.6 Å². The molecule has 17 heteroatoms. The number of hydrogen-bond acceptors (Lipinski definition) is 10. The Labute approximate surface area is 277 Å². The first-order valence-corrected chi connectivity index (χ1v) is 15.3. The van der Waals surface area contributed by atoms with E-state index < -0.39 is 66.4 Å². The lowest BCUT2D eigenvalue weighted by Crippen LogP contribution is -2.60. The lowest BCUT2D eigenvalue weighted by molar-refractivity contribution is -0.142. The molecular formula is C30H42N8O8S. The van der Waals surface area contributed by atoms with E-state index in [4.69, 9.17) is 17.2 Å². The van der Waals surface area contributed by atoms with Crippen molar-refractivity contribution in [3.8, 4) is 5.75 Å². The van der Waals surface area contributed by atoms with Crippen LogP contribution in [0.5, 0.6) is 5.75 Å². The van der Waals surface area contributed by atoms with E-state index >= 15 is 0 Å². The van der Waals surface area contributed by atoms with Gasteiger partial charge in [-0.2, -0.15) is 12.6 Å². The van der Waals surface area contributed by atoms with E-state index in [0.29, 0.717) is 5.56 Å². The Kier molecular flexibility index (Phi) is 16.0. The number of aliphatic imine (C=N–C) groups is 1. The average molecular weight is 675 g/mol. The van der Waals surface area contributed by atoms with Crippen LogP contribution in [-0.4, -0.2) is 100.0 Å². The van der Waals surface area contributed by atoms with Crippen LogP contribution in [0.4, 0.5) is 0 Å². The van der Waals surface area contributed by atoms with Crippen molar-refractivity contribution < 1.29 is 39.3 Å². The number of phenolic OH excluding ortho intramolecular Hbond substituents is 1. The second kappa shape index (κ2) is 19.6. The minimum Gasteiger partial charge on any atom is -0.508 e. The molecule has 0 aliphatic carbocycles. The Morgan fingerprint density at radius 2 is 1.28 bits per heavy atom. The molecule has 0 aliphatic heterocycles. The summed E-state index contributed by atoms with van der Waals surface area (Å²) in [5.41, 5.74) is 18.0. The van der Waals surface area contributed by atoms with Gasteiger partial charge in [-0.3, -0.25) is 24.2 Å². The van der Waals surface area contributed by atoms with E-state index in [1.54, 1.807) is 36.4 Å². The summed E-state index contributed by atoms with van der Waals surface area (Å²) in [4.78, 5) is 67.7. The van der Waals surface area contributed by atoms with Crippen molar-refractivity contribution in [2.24, 2.45) is 22.2 Å². The predicted molar refractivity (Wildman–Crippen MR) is 176 cm³/mol. The van der Waals surface area contributed by atoms with Gasteiger partial charge in [0.1, 0.15) is 29.9 Å². The van der Waals surface area contributed by atoms with Crippen LogP contribution in [0.3, 0.4) is 0 Å². The van der Waals surface area contributed by atoms with Gasteiger partial charge >= 0.3 is 5.97 Å². The van der Waals surface area contributed by atoms with Crippen molar-refractivity contribution in [2.75, 3.05) is 18.9 Å². The van der Waals surface area contributed by atoms with E-state index in [0.717, 1.165) is 5.56 Å². The zero-order valence-electron chi connectivity index (χ0n) is 25.5. The molecule has 4 amide bonds. The molecule has 0 bridgehead atoms. The number of amides is 4. The van der Waals surface area contributed by atoms with Gasteiger partial charge in [0.05, 0.1) is 12.6 Å². The standard InChI is InChI=1S/C30H42N8O8S/c31-20(13-17-5-2-1-3-6-17)25(41)36-22(14-18-8-10-19(40)11-9-18)26(42)38-24(16-47)28(44)37-23(15-39)27(43)35-21(29(45)46)7-4-12-34-30(32)33/h1-3,5-6,8-11,20-24,39-40,47H,4,7,12-16,31H2,(H,35,43)(H,36,41)(H,37,44)(H,38,42)(H,45,46)(H4,32,33,34)/t20-,21-,22-,23-,24-/m0/s1. The van der Waals surface area contributed by atoms with Crippen LogP contribution in [0.15, 0.2) is 59.6 Å². The maximum Gasteiger partial charge on any atom is 0.326 e. The van der Waals surface area contributed by atoms with Crippen molar-refractivity contribution in [2.45, 2.75) is 55.9 Å². The van der Waals surface area contributed by atoms with Gasteiger partial charge in [-0.1, -0.05) is 42.5 Å². The minimum atomic E-state index is -1.56. The van der Waals surface area contributed by atoms with Gasteiger partial charge < -0.3 is 53.8 Å². The van der Waals surface area contributed by atoms with Crippen molar-refractivity contribution in [1.29, 1.82) is 0 Å². The number of nitrogens with zero attached hydrogens (tertiary/aromatic N) is 1. The number of carbonyl (C=O) groups is 5. The highest BCUT2D eigenvalue weighted by Crippen LogP contribution is 2.12. The zero-order chi connectivity index (χ0) is 34.9. The molecule has 256 valence electrons. The number of aliphatic hydroxyl groups is 1. The predicted octanol–water partition coefficient (Wildman–Crippen LogP) is -2.50. The Morgan fingerprint density at radius 1 is 0.745 bits per heavy atom. The smallest absolute Gasteiger partial charge is 0.326 e. The molecule has 0 fully saturated rings. The Bertz CT molecular complexity index is 1380. The highest BCUT2D eigenvalue weighted by atomic mass is 32.1. The van der Waals surface area contributed by atoms with Gasteiger partial charge in [-0.25, -0.2) is 4.79 Å². The van der Waals surface area contributed by atoms with Crippen LogP contribution in [0.2, 0.25) is 0 Å². The normalized spacial score (nSPS) is 13.9. The van der Waals surface area contributed by atoms with Gasteiger partial charge in [0, 0.05) is 18.7 Å². The molecule has 0 spiro atoms. The molecule has 0 aromatic heterocycles. The summed E-state index contributed by atoms with van der Waals surface area (Å²) in [6, 6.07) is 8.51. The fraction of sp³-hybridized carbons (Fsp3) is 0.400. The molecule has 0 saturated heterocycles. The van der Waals surface area contributed by atoms with Gasteiger partial charge in [-0.15, -0.1) is 0 Å². The molecule has 2 aromatic rings. The van der Waals surface area contributed by atoms with E-state index in [1.807, 2.05) is 6.07 Å². The monoisotopic (exact) mass is 674 g/mol. The number of thiol groups is 1. The number of nitrogens with one attached hydrogen (secondary N) is 4. The van der Waals surface area contributed by atoms with Crippen molar-refractivity contribution in [3.63, 3.8) is 0 Å². The van der Waals surface area contributed by atoms with Crippen molar-refractivity contribution >= 4 is 48.2 Å². The number of carbonyl (C=O) groups excluding carboxylic acids is 4. The summed E-state index contributed by atoms with van der Waals surface area (Å²) in [5, 5.41) is 38.5. The fourth-order valence-electron chi connectivity index (χ4n) is 4.28. The molecule has 0 heterocycles. The second-order valence-corrected chi connectivity index (χ2v) is 10.9. The summed E-state index contributed by atoms with van der Waals surface area (Å²) in [6.07, 6.45) is 0.351. The molecular weight excluding hydrogens is 632 g/mol. The summed E-state index contributed by atoms with van der Waals surface area (Å²) >= 11 is 4.13. The fourth-order valence-corrected chi connectivity index (χ4v) is 4.54. The number of aromatic hydroxyl groups is 1. The largest absolute Gasteiger partial charge is 0.508 e. The quantitative estimate of drug-likeness (QED) is 0.0321. The molecule has 0 radical (unpaired) electrons. The van der Waals surface area contributed by atoms with Crippen molar-refractivity contribution in [3.05, 3.63) is 65.7 Å². The number of hydrogen-bond donors (Lipinski definition) is 11. The molecule has 47 heavy (non-hydrogen) atoms. The molecule has 0 unspecified atom stereocenters. The van der Waals surface area contributed by atoms with E-state index in [9.17, 15) is 39.3 Å². The molecule has 13 N–H and O–H groups in total. The Hall–Kier alpha value is -4.87. The molecule has 0 saturated carbocycles. The average Bonchev–Trinajstić information content (AvgIpc) is 3.04. The lowest BCUT2D eigenvalue weighted by Gasteiger charge is -2.25. The number of aliphatic carboxylic acids is 1. The zero-order valence-corrected chi connectivity index (χ0v) is 26.4. The third-order valence-corrected chi connectivity index (χ3v) is 7.20. The second-order valence-electron chi connectivity index (χ2n) is 10.6. The topological polar surface area (TPSA) is 285 Å². The summed E-state index contributed by atoms with van der Waals surface area (Å²) < 4.78 is 0. The third kappa shape index (κ3) is 13.6. The number of nitrogens with two attached hydrogens (primary N) is 3. The molecule has 2 aromatic carbocycles. The first-order valence-electron chi connectivity index (χ1n) is 14.6. The third-order valence-electron chi connectivity index (χ3n) is 6.84. The maximum atomic E-state index is 13.4. The van der Waals surface area contributed by atoms with Crippen LogP contribution < -0.4 is 38.5 Å².